The molecule has 1 aromatic carbocycles. The zero-order valence-corrected chi connectivity index (χ0v) is 11.3. The van der Waals surface area contributed by atoms with Crippen molar-refractivity contribution in [3.63, 3.8) is 0 Å². The Bertz CT molecular complexity index is 693. The number of anilines is 1. The Morgan fingerprint density at radius 1 is 1.25 bits per heavy atom. The molecule has 1 N–H and O–H groups in total. The van der Waals surface area contributed by atoms with Crippen molar-refractivity contribution in [1.29, 1.82) is 0 Å². The molecular weight excluding hydrogens is 252 g/mol. The lowest BCUT2D eigenvalue weighted by Gasteiger charge is -2.09. The molecule has 5 nitrogen and oxygen atoms in total. The number of benzene rings is 1. The summed E-state index contributed by atoms with van der Waals surface area (Å²) in [7, 11) is 1.68. The molecule has 2 heterocycles. The van der Waals surface area contributed by atoms with Crippen LogP contribution >= 0.6 is 0 Å². The third-order valence-electron chi connectivity index (χ3n) is 3.04. The first kappa shape index (κ1) is 12.6. The molecule has 0 aliphatic carbocycles. The molecule has 20 heavy (non-hydrogen) atoms. The van der Waals surface area contributed by atoms with Crippen LogP contribution < -0.4 is 5.32 Å². The molecule has 102 valence electrons. The number of hydrogen-bond donors (Lipinski definition) is 1. The summed E-state index contributed by atoms with van der Waals surface area (Å²) in [6, 6.07) is 10.1. The maximum atomic E-state index is 5.05. The van der Waals surface area contributed by atoms with E-state index in [2.05, 4.69) is 15.3 Å². The minimum atomic E-state index is 0.629. The van der Waals surface area contributed by atoms with Gasteiger partial charge < -0.3 is 14.5 Å². The molecule has 3 rings (SSSR count). The monoisotopic (exact) mass is 268 g/mol. The highest BCUT2D eigenvalue weighted by Crippen LogP contribution is 2.21. The number of imidazole rings is 1. The van der Waals surface area contributed by atoms with E-state index in [0.717, 1.165) is 22.7 Å². The Morgan fingerprint density at radius 2 is 2.10 bits per heavy atom. The Labute approximate surface area is 117 Å². The van der Waals surface area contributed by atoms with Crippen LogP contribution in [0.2, 0.25) is 0 Å². The summed E-state index contributed by atoms with van der Waals surface area (Å²) < 4.78 is 7.03. The van der Waals surface area contributed by atoms with Crippen molar-refractivity contribution in [2.45, 2.75) is 0 Å². The van der Waals surface area contributed by atoms with Gasteiger partial charge in [0.05, 0.1) is 12.3 Å². The molecule has 5 heteroatoms. The van der Waals surface area contributed by atoms with E-state index >= 15 is 0 Å². The molecule has 0 aliphatic heterocycles. The average molecular weight is 268 g/mol. The minimum absolute atomic E-state index is 0.629. The maximum Gasteiger partial charge on any atom is 0.180 e. The average Bonchev–Trinajstić information content (AvgIpc) is 2.97. The molecule has 0 radical (unpaired) electrons. The van der Waals surface area contributed by atoms with Crippen LogP contribution in [0.1, 0.15) is 0 Å². The van der Waals surface area contributed by atoms with E-state index in [1.54, 1.807) is 13.3 Å². The van der Waals surface area contributed by atoms with Crippen molar-refractivity contribution >= 4 is 11.5 Å². The quantitative estimate of drug-likeness (QED) is 0.722. The van der Waals surface area contributed by atoms with Gasteiger partial charge in [-0.15, -0.1) is 0 Å². The van der Waals surface area contributed by atoms with Gasteiger partial charge in [-0.1, -0.05) is 30.3 Å². The maximum absolute atomic E-state index is 5.05. The number of nitrogens with one attached hydrogen (secondary N) is 1. The highest BCUT2D eigenvalue weighted by molar-refractivity contribution is 5.69. The second-order valence-electron chi connectivity index (χ2n) is 4.42. The third kappa shape index (κ3) is 2.48. The van der Waals surface area contributed by atoms with E-state index in [0.29, 0.717) is 13.2 Å². The number of fused-ring (bicyclic) bond motifs is 1. The van der Waals surface area contributed by atoms with E-state index in [-0.39, 0.29) is 0 Å². The number of aromatic nitrogens is 3. The summed E-state index contributed by atoms with van der Waals surface area (Å²) in [5.74, 6) is 0.772. The topological polar surface area (TPSA) is 51.5 Å². The highest BCUT2D eigenvalue weighted by Gasteiger charge is 2.08. The van der Waals surface area contributed by atoms with Crippen molar-refractivity contribution in [1.82, 2.24) is 14.4 Å². The number of methoxy groups -OCH3 is 1. The molecule has 3 aromatic rings. The molecule has 0 bridgehead atoms. The fourth-order valence-electron chi connectivity index (χ4n) is 2.07. The van der Waals surface area contributed by atoms with E-state index in [9.17, 15) is 0 Å². The normalized spacial score (nSPS) is 10.8. The van der Waals surface area contributed by atoms with Crippen molar-refractivity contribution < 1.29 is 4.74 Å². The largest absolute Gasteiger partial charge is 0.383 e. The third-order valence-corrected chi connectivity index (χ3v) is 3.04. The molecule has 0 amide bonds. The van der Waals surface area contributed by atoms with Crippen molar-refractivity contribution in [3.05, 3.63) is 48.9 Å². The molecule has 0 fully saturated rings. The molecule has 2 aromatic heterocycles. The fourth-order valence-corrected chi connectivity index (χ4v) is 2.07. The van der Waals surface area contributed by atoms with Gasteiger partial charge in [0.25, 0.3) is 0 Å². The van der Waals surface area contributed by atoms with E-state index in [4.69, 9.17) is 4.74 Å². The Balaban J connectivity index is 2.01. The molecule has 0 unspecified atom stereocenters. The zero-order chi connectivity index (χ0) is 13.8. The first-order valence-electron chi connectivity index (χ1n) is 6.50. The van der Waals surface area contributed by atoms with Gasteiger partial charge in [0, 0.05) is 37.8 Å². The lowest BCUT2D eigenvalue weighted by Crippen LogP contribution is -2.10. The summed E-state index contributed by atoms with van der Waals surface area (Å²) in [6.45, 7) is 1.33. The van der Waals surface area contributed by atoms with E-state index < -0.39 is 0 Å². The van der Waals surface area contributed by atoms with Gasteiger partial charge in [-0.3, -0.25) is 0 Å². The van der Waals surface area contributed by atoms with Crippen molar-refractivity contribution in [3.8, 4) is 11.3 Å². The molecule has 0 atom stereocenters. The van der Waals surface area contributed by atoms with Gasteiger partial charge in [-0.05, 0) is 0 Å². The van der Waals surface area contributed by atoms with Crippen LogP contribution in [0, 0.1) is 0 Å². The second kappa shape index (κ2) is 5.71. The highest BCUT2D eigenvalue weighted by atomic mass is 16.5. The van der Waals surface area contributed by atoms with Gasteiger partial charge in [-0.25, -0.2) is 9.97 Å². The van der Waals surface area contributed by atoms with Crippen LogP contribution in [0.5, 0.6) is 0 Å². The Morgan fingerprint density at radius 3 is 2.90 bits per heavy atom. The molecule has 0 saturated heterocycles. The lowest BCUT2D eigenvalue weighted by molar-refractivity contribution is 0.210. The summed E-state index contributed by atoms with van der Waals surface area (Å²) >= 11 is 0. The van der Waals surface area contributed by atoms with Crippen LogP contribution in [-0.4, -0.2) is 34.6 Å². The Kier molecular flexibility index (Phi) is 3.60. The van der Waals surface area contributed by atoms with Gasteiger partial charge in [0.15, 0.2) is 11.5 Å². The van der Waals surface area contributed by atoms with Crippen LogP contribution in [0.4, 0.5) is 5.82 Å². The van der Waals surface area contributed by atoms with Crippen molar-refractivity contribution in [2.75, 3.05) is 25.6 Å². The summed E-state index contributed by atoms with van der Waals surface area (Å²) in [5.41, 5.74) is 2.81. The Hall–Kier alpha value is -2.40. The summed E-state index contributed by atoms with van der Waals surface area (Å²) in [6.07, 6.45) is 5.68. The summed E-state index contributed by atoms with van der Waals surface area (Å²) in [4.78, 5) is 8.99. The van der Waals surface area contributed by atoms with Gasteiger partial charge in [0.2, 0.25) is 0 Å². The minimum Gasteiger partial charge on any atom is -0.383 e. The predicted molar refractivity (Wildman–Crippen MR) is 78.8 cm³/mol. The fraction of sp³-hybridized carbons (Fsp3) is 0.200. The number of hydrogen-bond acceptors (Lipinski definition) is 4. The number of rotatable bonds is 5. The van der Waals surface area contributed by atoms with Crippen molar-refractivity contribution in [2.24, 2.45) is 0 Å². The van der Waals surface area contributed by atoms with Crippen LogP contribution in [-0.2, 0) is 4.74 Å². The molecule has 0 aliphatic rings. The SMILES string of the molecule is COCCNc1nc(-c2ccccc2)cn2ccnc12. The standard InChI is InChI=1S/C15H16N4O/c1-20-10-8-16-14-15-17-7-9-19(15)11-13(18-14)12-5-3-2-4-6-12/h2-7,9,11H,8,10H2,1H3,(H,16,18). The van der Waals surface area contributed by atoms with Gasteiger partial charge in [0.1, 0.15) is 0 Å². The number of ether oxygens (including phenoxy) is 1. The van der Waals surface area contributed by atoms with Gasteiger partial charge >= 0.3 is 0 Å². The molecule has 0 spiro atoms. The molecule has 0 saturated carbocycles. The second-order valence-corrected chi connectivity index (χ2v) is 4.42. The first-order valence-corrected chi connectivity index (χ1v) is 6.50. The smallest absolute Gasteiger partial charge is 0.180 e. The first-order chi connectivity index (χ1) is 9.88. The summed E-state index contributed by atoms with van der Waals surface area (Å²) in [5, 5.41) is 3.27. The van der Waals surface area contributed by atoms with Gasteiger partial charge in [-0.2, -0.15) is 0 Å². The van der Waals surface area contributed by atoms with Crippen LogP contribution in [0.15, 0.2) is 48.9 Å². The predicted octanol–water partition coefficient (Wildman–Crippen LogP) is 2.45. The lowest BCUT2D eigenvalue weighted by atomic mass is 10.2. The van der Waals surface area contributed by atoms with E-state index in [1.165, 1.54) is 0 Å². The molecular formula is C15H16N4O. The van der Waals surface area contributed by atoms with Crippen LogP contribution in [0.25, 0.3) is 16.9 Å². The zero-order valence-electron chi connectivity index (χ0n) is 11.3. The number of nitrogens with zero attached hydrogens (tertiary/aromatic N) is 3. The van der Waals surface area contributed by atoms with E-state index in [1.807, 2.05) is 47.1 Å². The van der Waals surface area contributed by atoms with Crippen LogP contribution in [0.3, 0.4) is 0 Å².